The summed E-state index contributed by atoms with van der Waals surface area (Å²) in [6.45, 7) is 2.46. The highest BCUT2D eigenvalue weighted by molar-refractivity contribution is 7.17. The lowest BCUT2D eigenvalue weighted by molar-refractivity contribution is 0.243. The van der Waals surface area contributed by atoms with Gasteiger partial charge in [0.2, 0.25) is 0 Å². The number of aromatic nitrogens is 2. The summed E-state index contributed by atoms with van der Waals surface area (Å²) < 4.78 is 1.32. The molecule has 0 aliphatic carbocycles. The smallest absolute Gasteiger partial charge is 0.255 e. The zero-order valence-electron chi connectivity index (χ0n) is 14.1. The molecule has 0 saturated heterocycles. The van der Waals surface area contributed by atoms with Gasteiger partial charge in [-0.2, -0.15) is 0 Å². The summed E-state index contributed by atoms with van der Waals surface area (Å²) in [4.78, 5) is 23.7. The van der Waals surface area contributed by atoms with Crippen molar-refractivity contribution in [2.75, 3.05) is 6.54 Å². The Labute approximate surface area is 158 Å². The standard InChI is InChI=1S/C20H17N3OS2/c24-20-15-11-23(10-13-12-26-17-5-2-1-4-14(13)17)8-7-16(15)21-19(22-20)18-6-3-9-25-18/h1-6,9,12H,7-8,10-11H2,(H,21,22,24). The van der Waals surface area contributed by atoms with Crippen molar-refractivity contribution >= 4 is 32.8 Å². The number of aromatic amines is 1. The topological polar surface area (TPSA) is 49.0 Å². The summed E-state index contributed by atoms with van der Waals surface area (Å²) in [7, 11) is 0. The van der Waals surface area contributed by atoms with Crippen molar-refractivity contribution in [1.82, 2.24) is 14.9 Å². The molecule has 0 amide bonds. The molecule has 0 radical (unpaired) electrons. The fraction of sp³-hybridized carbons (Fsp3) is 0.200. The quantitative estimate of drug-likeness (QED) is 0.578. The van der Waals surface area contributed by atoms with E-state index in [0.717, 1.165) is 35.6 Å². The summed E-state index contributed by atoms with van der Waals surface area (Å²) in [6.07, 6.45) is 0.819. The lowest BCUT2D eigenvalue weighted by Crippen LogP contribution is -2.35. The van der Waals surface area contributed by atoms with Crippen LogP contribution in [-0.2, 0) is 19.5 Å². The molecule has 5 rings (SSSR count). The highest BCUT2D eigenvalue weighted by atomic mass is 32.1. The molecule has 0 fully saturated rings. The number of thiophene rings is 2. The normalized spacial score (nSPS) is 14.6. The van der Waals surface area contributed by atoms with Gasteiger partial charge in [-0.15, -0.1) is 22.7 Å². The Hall–Kier alpha value is -2.28. The first-order valence-electron chi connectivity index (χ1n) is 8.61. The number of hydrogen-bond donors (Lipinski definition) is 1. The van der Waals surface area contributed by atoms with Gasteiger partial charge in [-0.25, -0.2) is 4.98 Å². The number of fused-ring (bicyclic) bond motifs is 2. The fourth-order valence-corrected chi connectivity index (χ4v) is 5.17. The van der Waals surface area contributed by atoms with Crippen LogP contribution in [0.25, 0.3) is 20.8 Å². The maximum atomic E-state index is 12.6. The minimum Gasteiger partial charge on any atom is -0.306 e. The second-order valence-electron chi connectivity index (χ2n) is 6.53. The maximum absolute atomic E-state index is 12.6. The monoisotopic (exact) mass is 379 g/mol. The Balaban J connectivity index is 1.42. The van der Waals surface area contributed by atoms with E-state index in [9.17, 15) is 4.79 Å². The van der Waals surface area contributed by atoms with Gasteiger partial charge in [0, 0.05) is 30.8 Å². The Morgan fingerprint density at radius 3 is 2.96 bits per heavy atom. The lowest BCUT2D eigenvalue weighted by Gasteiger charge is -2.27. The minimum atomic E-state index is -0.00160. The summed E-state index contributed by atoms with van der Waals surface area (Å²) in [5.74, 6) is 0.695. The summed E-state index contributed by atoms with van der Waals surface area (Å²) in [6, 6.07) is 12.5. The molecule has 1 N–H and O–H groups in total. The summed E-state index contributed by atoms with van der Waals surface area (Å²) >= 11 is 3.38. The lowest BCUT2D eigenvalue weighted by atomic mass is 10.1. The molecule has 0 spiro atoms. The third-order valence-electron chi connectivity index (χ3n) is 4.86. The molecular formula is C20H17N3OS2. The molecular weight excluding hydrogens is 362 g/mol. The molecule has 1 aliphatic rings. The second kappa shape index (κ2) is 6.46. The number of nitrogens with zero attached hydrogens (tertiary/aromatic N) is 2. The van der Waals surface area contributed by atoms with Crippen LogP contribution in [0.15, 0.2) is 52.0 Å². The molecule has 26 heavy (non-hydrogen) atoms. The third kappa shape index (κ3) is 2.80. The Morgan fingerprint density at radius 1 is 1.15 bits per heavy atom. The highest BCUT2D eigenvalue weighted by Crippen LogP contribution is 2.28. The molecule has 4 heterocycles. The first kappa shape index (κ1) is 15.9. The Bertz CT molecular complexity index is 1130. The van der Waals surface area contributed by atoms with Gasteiger partial charge in [-0.1, -0.05) is 24.3 Å². The van der Waals surface area contributed by atoms with Gasteiger partial charge in [0.15, 0.2) is 5.82 Å². The Morgan fingerprint density at radius 2 is 2.08 bits per heavy atom. The van der Waals surface area contributed by atoms with E-state index >= 15 is 0 Å². The van der Waals surface area contributed by atoms with Gasteiger partial charge in [0.05, 0.1) is 16.1 Å². The van der Waals surface area contributed by atoms with Crippen molar-refractivity contribution in [1.29, 1.82) is 0 Å². The van der Waals surface area contributed by atoms with Crippen molar-refractivity contribution < 1.29 is 0 Å². The van der Waals surface area contributed by atoms with Gasteiger partial charge in [-0.3, -0.25) is 9.69 Å². The van der Waals surface area contributed by atoms with Crippen molar-refractivity contribution in [2.24, 2.45) is 0 Å². The van der Waals surface area contributed by atoms with Gasteiger partial charge in [-0.05, 0) is 33.8 Å². The number of hydrogen-bond acceptors (Lipinski definition) is 5. The van der Waals surface area contributed by atoms with E-state index < -0.39 is 0 Å². The molecule has 1 aromatic carbocycles. The third-order valence-corrected chi connectivity index (χ3v) is 6.75. The van der Waals surface area contributed by atoms with E-state index in [1.807, 2.05) is 17.5 Å². The van der Waals surface area contributed by atoms with Crippen LogP contribution in [0.1, 0.15) is 16.8 Å². The zero-order valence-corrected chi connectivity index (χ0v) is 15.7. The highest BCUT2D eigenvalue weighted by Gasteiger charge is 2.22. The minimum absolute atomic E-state index is 0.00160. The van der Waals surface area contributed by atoms with E-state index in [4.69, 9.17) is 4.98 Å². The molecule has 0 saturated carbocycles. The molecule has 130 valence electrons. The molecule has 6 heteroatoms. The van der Waals surface area contributed by atoms with Crippen molar-refractivity contribution in [3.05, 3.63) is 74.3 Å². The van der Waals surface area contributed by atoms with Crippen LogP contribution >= 0.6 is 22.7 Å². The number of rotatable bonds is 3. The molecule has 4 aromatic rings. The van der Waals surface area contributed by atoms with Crippen molar-refractivity contribution in [2.45, 2.75) is 19.5 Å². The predicted molar refractivity (Wildman–Crippen MR) is 108 cm³/mol. The average molecular weight is 380 g/mol. The Kier molecular flexibility index (Phi) is 3.96. The molecule has 0 atom stereocenters. The largest absolute Gasteiger partial charge is 0.306 e. The van der Waals surface area contributed by atoms with Gasteiger partial charge < -0.3 is 4.98 Å². The van der Waals surface area contributed by atoms with Gasteiger partial charge in [0.25, 0.3) is 5.56 Å². The summed E-state index contributed by atoms with van der Waals surface area (Å²) in [5, 5.41) is 5.56. The number of benzene rings is 1. The predicted octanol–water partition coefficient (Wildman–Crippen LogP) is 4.27. The van der Waals surface area contributed by atoms with Crippen LogP contribution < -0.4 is 5.56 Å². The molecule has 0 bridgehead atoms. The van der Waals surface area contributed by atoms with E-state index in [2.05, 4.69) is 39.5 Å². The van der Waals surface area contributed by atoms with Gasteiger partial charge >= 0.3 is 0 Å². The molecule has 4 nitrogen and oxygen atoms in total. The van der Waals surface area contributed by atoms with Crippen molar-refractivity contribution in [3.8, 4) is 10.7 Å². The fourth-order valence-electron chi connectivity index (χ4n) is 3.54. The summed E-state index contributed by atoms with van der Waals surface area (Å²) in [5.41, 5.74) is 3.10. The maximum Gasteiger partial charge on any atom is 0.255 e. The van der Waals surface area contributed by atoms with Crippen LogP contribution in [0.3, 0.4) is 0 Å². The van der Waals surface area contributed by atoms with Crippen LogP contribution in [0.5, 0.6) is 0 Å². The molecule has 1 aliphatic heterocycles. The second-order valence-corrected chi connectivity index (χ2v) is 8.39. The average Bonchev–Trinajstić information content (AvgIpc) is 3.33. The van der Waals surface area contributed by atoms with E-state index in [1.54, 1.807) is 22.7 Å². The van der Waals surface area contributed by atoms with Crippen LogP contribution in [0, 0.1) is 0 Å². The van der Waals surface area contributed by atoms with E-state index in [0.29, 0.717) is 12.4 Å². The van der Waals surface area contributed by atoms with Crippen LogP contribution in [-0.4, -0.2) is 21.4 Å². The van der Waals surface area contributed by atoms with E-state index in [-0.39, 0.29) is 5.56 Å². The number of H-pyrrole nitrogens is 1. The van der Waals surface area contributed by atoms with Gasteiger partial charge in [0.1, 0.15) is 0 Å². The zero-order chi connectivity index (χ0) is 17.5. The van der Waals surface area contributed by atoms with Crippen molar-refractivity contribution in [3.63, 3.8) is 0 Å². The SMILES string of the molecule is O=c1[nH]c(-c2cccs2)nc2c1CN(Cc1csc3ccccc13)CC2. The first-order valence-corrected chi connectivity index (χ1v) is 10.4. The van der Waals surface area contributed by atoms with E-state index in [1.165, 1.54) is 15.6 Å². The van der Waals surface area contributed by atoms with Crippen LogP contribution in [0.4, 0.5) is 0 Å². The number of nitrogens with one attached hydrogen (secondary N) is 1. The molecule has 3 aromatic heterocycles. The van der Waals surface area contributed by atoms with Crippen LogP contribution in [0.2, 0.25) is 0 Å². The molecule has 0 unspecified atom stereocenters. The first-order chi connectivity index (χ1) is 12.8.